The molecule has 0 unspecified atom stereocenters. The van der Waals surface area contributed by atoms with E-state index in [9.17, 15) is 4.79 Å². The summed E-state index contributed by atoms with van der Waals surface area (Å²) in [5.74, 6) is 1.01. The highest BCUT2D eigenvalue weighted by molar-refractivity contribution is 5.84. The first-order valence-corrected chi connectivity index (χ1v) is 6.25. The molecule has 1 aromatic carbocycles. The van der Waals surface area contributed by atoms with Gasteiger partial charge in [0.2, 0.25) is 5.91 Å². The van der Waals surface area contributed by atoms with Crippen LogP contribution in [0, 0.1) is 0 Å². The van der Waals surface area contributed by atoms with Crippen molar-refractivity contribution in [1.29, 1.82) is 0 Å². The minimum absolute atomic E-state index is 0.0282. The van der Waals surface area contributed by atoms with E-state index in [-0.39, 0.29) is 11.9 Å². The predicted octanol–water partition coefficient (Wildman–Crippen LogP) is 0.766. The smallest absolute Gasteiger partial charge is 0.241 e. The van der Waals surface area contributed by atoms with E-state index in [0.29, 0.717) is 6.54 Å². The number of ether oxygens (including phenoxy) is 1. The molecule has 18 heavy (non-hydrogen) atoms. The van der Waals surface area contributed by atoms with Crippen LogP contribution in [-0.2, 0) is 17.8 Å². The highest BCUT2D eigenvalue weighted by Crippen LogP contribution is 2.25. The van der Waals surface area contributed by atoms with Crippen LogP contribution in [0.15, 0.2) is 30.4 Å². The molecule has 0 bridgehead atoms. The molecule has 2 N–H and O–H groups in total. The van der Waals surface area contributed by atoms with Crippen molar-refractivity contribution in [2.24, 2.45) is 0 Å². The second-order valence-corrected chi connectivity index (χ2v) is 4.57. The van der Waals surface area contributed by atoms with Gasteiger partial charge in [0.05, 0.1) is 6.61 Å². The molecule has 0 spiro atoms. The Morgan fingerprint density at radius 1 is 1.50 bits per heavy atom. The Kier molecular flexibility index (Phi) is 3.02. The van der Waals surface area contributed by atoms with Crippen LogP contribution in [0.3, 0.4) is 0 Å². The van der Waals surface area contributed by atoms with Gasteiger partial charge in [-0.05, 0) is 17.2 Å². The lowest BCUT2D eigenvalue weighted by molar-refractivity contribution is -0.122. The second kappa shape index (κ2) is 4.82. The van der Waals surface area contributed by atoms with Crippen molar-refractivity contribution >= 4 is 5.91 Å². The van der Waals surface area contributed by atoms with Crippen LogP contribution in [0.1, 0.15) is 11.1 Å². The monoisotopic (exact) mass is 244 g/mol. The molecule has 1 amide bonds. The van der Waals surface area contributed by atoms with E-state index in [2.05, 4.69) is 16.7 Å². The maximum atomic E-state index is 11.8. The van der Waals surface area contributed by atoms with Gasteiger partial charge in [0.1, 0.15) is 11.8 Å². The Labute approximate surface area is 106 Å². The van der Waals surface area contributed by atoms with Crippen molar-refractivity contribution < 1.29 is 9.53 Å². The summed E-state index contributed by atoms with van der Waals surface area (Å²) in [6.07, 6.45) is 4.83. The molecule has 2 aliphatic rings. The standard InChI is InChI=1S/C14H16N2O2/c17-14(12-2-1-6-15-12)16-9-10-3-4-13-11(8-10)5-7-18-13/h1-4,8,12,15H,5-7,9H2,(H,16,17)/t12-/m1/s1. The largest absolute Gasteiger partial charge is 0.493 e. The quantitative estimate of drug-likeness (QED) is 0.772. The maximum Gasteiger partial charge on any atom is 0.241 e. The van der Waals surface area contributed by atoms with Crippen LogP contribution in [0.4, 0.5) is 0 Å². The van der Waals surface area contributed by atoms with Gasteiger partial charge < -0.3 is 10.1 Å². The summed E-state index contributed by atoms with van der Waals surface area (Å²) in [6, 6.07) is 5.92. The molecular formula is C14H16N2O2. The van der Waals surface area contributed by atoms with Crippen molar-refractivity contribution in [2.45, 2.75) is 19.0 Å². The third-order valence-corrected chi connectivity index (χ3v) is 3.29. The number of carbonyl (C=O) groups excluding carboxylic acids is 1. The summed E-state index contributed by atoms with van der Waals surface area (Å²) >= 11 is 0. The number of benzene rings is 1. The van der Waals surface area contributed by atoms with Gasteiger partial charge in [-0.3, -0.25) is 10.1 Å². The van der Waals surface area contributed by atoms with E-state index >= 15 is 0 Å². The highest BCUT2D eigenvalue weighted by atomic mass is 16.5. The molecule has 4 nitrogen and oxygen atoms in total. The first-order valence-electron chi connectivity index (χ1n) is 6.25. The zero-order chi connectivity index (χ0) is 12.4. The number of nitrogens with one attached hydrogen (secondary N) is 2. The number of hydrogen-bond acceptors (Lipinski definition) is 3. The van der Waals surface area contributed by atoms with Gasteiger partial charge in [0, 0.05) is 19.5 Å². The Morgan fingerprint density at radius 2 is 2.44 bits per heavy atom. The number of hydrogen-bond donors (Lipinski definition) is 2. The minimum atomic E-state index is -0.178. The van der Waals surface area contributed by atoms with Gasteiger partial charge >= 0.3 is 0 Å². The normalized spacial score (nSPS) is 20.6. The van der Waals surface area contributed by atoms with Gasteiger partial charge in [-0.1, -0.05) is 24.3 Å². The highest BCUT2D eigenvalue weighted by Gasteiger charge is 2.17. The van der Waals surface area contributed by atoms with Crippen molar-refractivity contribution in [3.05, 3.63) is 41.5 Å². The second-order valence-electron chi connectivity index (χ2n) is 4.57. The van der Waals surface area contributed by atoms with Crippen molar-refractivity contribution in [1.82, 2.24) is 10.6 Å². The van der Waals surface area contributed by atoms with E-state index < -0.39 is 0 Å². The molecule has 0 aromatic heterocycles. The number of rotatable bonds is 3. The Bertz CT molecular complexity index is 497. The van der Waals surface area contributed by atoms with Crippen LogP contribution < -0.4 is 15.4 Å². The van der Waals surface area contributed by atoms with Crippen molar-refractivity contribution in [3.8, 4) is 5.75 Å². The molecule has 2 heterocycles. The molecule has 0 aliphatic carbocycles. The van der Waals surface area contributed by atoms with E-state index in [4.69, 9.17) is 4.74 Å². The van der Waals surface area contributed by atoms with E-state index in [0.717, 1.165) is 30.9 Å². The van der Waals surface area contributed by atoms with Crippen molar-refractivity contribution in [2.75, 3.05) is 13.2 Å². The molecule has 2 aliphatic heterocycles. The van der Waals surface area contributed by atoms with Crippen molar-refractivity contribution in [3.63, 3.8) is 0 Å². The molecule has 94 valence electrons. The van der Waals surface area contributed by atoms with E-state index in [1.54, 1.807) is 0 Å². The lowest BCUT2D eigenvalue weighted by atomic mass is 10.1. The fraction of sp³-hybridized carbons (Fsp3) is 0.357. The summed E-state index contributed by atoms with van der Waals surface area (Å²) < 4.78 is 5.45. The lowest BCUT2D eigenvalue weighted by Crippen LogP contribution is -2.40. The summed E-state index contributed by atoms with van der Waals surface area (Å²) in [7, 11) is 0. The van der Waals surface area contributed by atoms with Gasteiger partial charge in [-0.2, -0.15) is 0 Å². The predicted molar refractivity (Wildman–Crippen MR) is 68.4 cm³/mol. The molecule has 0 saturated heterocycles. The molecule has 0 radical (unpaired) electrons. The maximum absolute atomic E-state index is 11.8. The zero-order valence-electron chi connectivity index (χ0n) is 10.1. The molecule has 4 heteroatoms. The van der Waals surface area contributed by atoms with Crippen LogP contribution >= 0.6 is 0 Å². The average Bonchev–Trinajstić information content (AvgIpc) is 3.05. The Balaban J connectivity index is 1.59. The SMILES string of the molecule is O=C(NCc1ccc2c(c1)CCO2)[C@H]1C=CCN1. The van der Waals surface area contributed by atoms with E-state index in [1.165, 1.54) is 5.56 Å². The minimum Gasteiger partial charge on any atom is -0.493 e. The summed E-state index contributed by atoms with van der Waals surface area (Å²) in [4.78, 5) is 11.8. The lowest BCUT2D eigenvalue weighted by Gasteiger charge is -2.10. The van der Waals surface area contributed by atoms with Crippen LogP contribution in [0.2, 0.25) is 0 Å². The first-order chi connectivity index (χ1) is 8.83. The number of fused-ring (bicyclic) bond motifs is 1. The van der Waals surface area contributed by atoms with Crippen LogP contribution in [0.5, 0.6) is 5.75 Å². The average molecular weight is 244 g/mol. The van der Waals surface area contributed by atoms with Gasteiger partial charge in [0.15, 0.2) is 0 Å². The first kappa shape index (κ1) is 11.3. The molecule has 1 aromatic rings. The molecule has 0 fully saturated rings. The fourth-order valence-corrected chi connectivity index (χ4v) is 2.30. The summed E-state index contributed by atoms with van der Waals surface area (Å²) in [5, 5.41) is 6.03. The van der Waals surface area contributed by atoms with Gasteiger partial charge in [0.25, 0.3) is 0 Å². The van der Waals surface area contributed by atoms with Crippen LogP contribution in [0.25, 0.3) is 0 Å². The fourth-order valence-electron chi connectivity index (χ4n) is 2.30. The third kappa shape index (κ3) is 2.24. The zero-order valence-corrected chi connectivity index (χ0v) is 10.1. The number of carbonyl (C=O) groups is 1. The van der Waals surface area contributed by atoms with Crippen LogP contribution in [-0.4, -0.2) is 25.1 Å². The Morgan fingerprint density at radius 3 is 3.28 bits per heavy atom. The number of amides is 1. The Hall–Kier alpha value is -1.81. The van der Waals surface area contributed by atoms with E-state index in [1.807, 2.05) is 24.3 Å². The van der Waals surface area contributed by atoms with Gasteiger partial charge in [-0.15, -0.1) is 0 Å². The molecule has 0 saturated carbocycles. The third-order valence-electron chi connectivity index (χ3n) is 3.29. The molecule has 3 rings (SSSR count). The molecular weight excluding hydrogens is 228 g/mol. The summed E-state index contributed by atoms with van der Waals surface area (Å²) in [6.45, 7) is 2.11. The topological polar surface area (TPSA) is 50.4 Å². The van der Waals surface area contributed by atoms with Gasteiger partial charge in [-0.25, -0.2) is 0 Å². The summed E-state index contributed by atoms with van der Waals surface area (Å²) in [5.41, 5.74) is 2.36. The molecule has 1 atom stereocenters.